The molecular weight excluding hydrogens is 282 g/mol. The average Bonchev–Trinajstić information content (AvgIpc) is 3.07. The van der Waals surface area contributed by atoms with E-state index in [1.54, 1.807) is 0 Å². The van der Waals surface area contributed by atoms with E-state index in [-0.39, 0.29) is 0 Å². The van der Waals surface area contributed by atoms with Crippen molar-refractivity contribution in [3.05, 3.63) is 18.2 Å². The molecule has 0 radical (unpaired) electrons. The molecule has 1 aliphatic rings. The molecule has 0 spiro atoms. The van der Waals surface area contributed by atoms with Crippen LogP contribution in [-0.2, 0) is 0 Å². The first-order chi connectivity index (χ1) is 10.3. The zero-order chi connectivity index (χ0) is 14.8. The number of para-hydroxylation sites is 1. The van der Waals surface area contributed by atoms with Gasteiger partial charge in [0.15, 0.2) is 0 Å². The van der Waals surface area contributed by atoms with Crippen molar-refractivity contribution < 1.29 is 4.74 Å². The van der Waals surface area contributed by atoms with E-state index in [1.165, 1.54) is 19.3 Å². The number of fused-ring (bicyclic) bond motifs is 1. The van der Waals surface area contributed by atoms with Gasteiger partial charge in [-0.1, -0.05) is 19.4 Å². The van der Waals surface area contributed by atoms with Gasteiger partial charge in [-0.25, -0.2) is 4.98 Å². The Morgan fingerprint density at radius 3 is 3.05 bits per heavy atom. The second-order valence-electron chi connectivity index (χ2n) is 5.58. The Labute approximate surface area is 130 Å². The van der Waals surface area contributed by atoms with Crippen LogP contribution in [0.2, 0.25) is 0 Å². The molecule has 3 rings (SSSR count). The summed E-state index contributed by atoms with van der Waals surface area (Å²) in [6.45, 7) is 2.82. The van der Waals surface area contributed by atoms with Gasteiger partial charge < -0.3 is 15.0 Å². The molecule has 1 aromatic heterocycles. The van der Waals surface area contributed by atoms with E-state index in [0.29, 0.717) is 23.8 Å². The van der Waals surface area contributed by atoms with Crippen molar-refractivity contribution in [2.75, 3.05) is 18.6 Å². The van der Waals surface area contributed by atoms with Gasteiger partial charge in [0.05, 0.1) is 12.1 Å². The SMILES string of the molecule is CCCOc1cccc2c1nc(N)n2C1CCCC1SC. The Balaban J connectivity index is 2.05. The molecule has 0 aliphatic heterocycles. The molecule has 2 atom stereocenters. The average molecular weight is 305 g/mol. The Morgan fingerprint density at radius 1 is 1.43 bits per heavy atom. The van der Waals surface area contributed by atoms with Gasteiger partial charge in [0, 0.05) is 11.3 Å². The minimum Gasteiger partial charge on any atom is -0.491 e. The van der Waals surface area contributed by atoms with Crippen LogP contribution < -0.4 is 10.5 Å². The molecule has 5 heteroatoms. The summed E-state index contributed by atoms with van der Waals surface area (Å²) < 4.78 is 8.04. The number of imidazole rings is 1. The fourth-order valence-electron chi connectivity index (χ4n) is 3.26. The van der Waals surface area contributed by atoms with Crippen LogP contribution in [-0.4, -0.2) is 27.7 Å². The molecule has 0 amide bonds. The Hall–Kier alpha value is -1.36. The van der Waals surface area contributed by atoms with E-state index in [4.69, 9.17) is 10.5 Å². The zero-order valence-corrected chi connectivity index (χ0v) is 13.5. The maximum atomic E-state index is 6.23. The third-order valence-corrected chi connectivity index (χ3v) is 5.38. The van der Waals surface area contributed by atoms with Crippen molar-refractivity contribution in [3.63, 3.8) is 0 Å². The summed E-state index contributed by atoms with van der Waals surface area (Å²) in [4.78, 5) is 4.59. The lowest BCUT2D eigenvalue weighted by atomic mass is 10.2. The molecule has 0 saturated heterocycles. The summed E-state index contributed by atoms with van der Waals surface area (Å²) >= 11 is 1.94. The number of thioether (sulfide) groups is 1. The summed E-state index contributed by atoms with van der Waals surface area (Å²) in [6, 6.07) is 6.57. The first-order valence-corrected chi connectivity index (χ1v) is 8.97. The van der Waals surface area contributed by atoms with E-state index >= 15 is 0 Å². The summed E-state index contributed by atoms with van der Waals surface area (Å²) in [5.74, 6) is 1.46. The molecule has 1 heterocycles. The fraction of sp³-hybridized carbons (Fsp3) is 0.562. The van der Waals surface area contributed by atoms with Crippen LogP contribution in [0.5, 0.6) is 5.75 Å². The third kappa shape index (κ3) is 2.59. The molecule has 2 N–H and O–H groups in total. The second-order valence-corrected chi connectivity index (χ2v) is 6.66. The largest absolute Gasteiger partial charge is 0.491 e. The highest BCUT2D eigenvalue weighted by Crippen LogP contribution is 2.41. The van der Waals surface area contributed by atoms with Crippen molar-refractivity contribution in [1.29, 1.82) is 0 Å². The van der Waals surface area contributed by atoms with Gasteiger partial charge in [-0.15, -0.1) is 0 Å². The normalized spacial score (nSPS) is 22.0. The monoisotopic (exact) mass is 305 g/mol. The smallest absolute Gasteiger partial charge is 0.201 e. The van der Waals surface area contributed by atoms with Crippen LogP contribution in [0.4, 0.5) is 5.95 Å². The van der Waals surface area contributed by atoms with Gasteiger partial charge >= 0.3 is 0 Å². The first-order valence-electron chi connectivity index (χ1n) is 7.68. The van der Waals surface area contributed by atoms with Crippen molar-refractivity contribution >= 4 is 28.7 Å². The number of nitrogen functional groups attached to an aromatic ring is 1. The van der Waals surface area contributed by atoms with Crippen LogP contribution in [0.1, 0.15) is 38.6 Å². The number of benzene rings is 1. The minimum atomic E-state index is 0.450. The molecule has 21 heavy (non-hydrogen) atoms. The highest BCUT2D eigenvalue weighted by atomic mass is 32.2. The van der Waals surface area contributed by atoms with E-state index in [1.807, 2.05) is 23.9 Å². The molecule has 1 aliphatic carbocycles. The Morgan fingerprint density at radius 2 is 2.29 bits per heavy atom. The number of aromatic nitrogens is 2. The van der Waals surface area contributed by atoms with E-state index < -0.39 is 0 Å². The minimum absolute atomic E-state index is 0.450. The standard InChI is InChI=1S/C16H23N3OS/c1-3-10-20-13-8-4-7-12-15(13)18-16(17)19(12)11-6-5-9-14(11)21-2/h4,7-8,11,14H,3,5-6,9-10H2,1-2H3,(H2,17,18). The van der Waals surface area contributed by atoms with Gasteiger partial charge in [0.2, 0.25) is 5.95 Å². The molecule has 1 saturated carbocycles. The molecule has 2 aromatic rings. The van der Waals surface area contributed by atoms with Crippen molar-refractivity contribution in [1.82, 2.24) is 9.55 Å². The van der Waals surface area contributed by atoms with Crippen LogP contribution >= 0.6 is 11.8 Å². The van der Waals surface area contributed by atoms with E-state index in [2.05, 4.69) is 28.8 Å². The van der Waals surface area contributed by atoms with Crippen LogP contribution in [0.25, 0.3) is 11.0 Å². The van der Waals surface area contributed by atoms with Crippen LogP contribution in [0.15, 0.2) is 18.2 Å². The molecule has 114 valence electrons. The van der Waals surface area contributed by atoms with Gasteiger partial charge in [-0.2, -0.15) is 11.8 Å². The number of nitrogens with two attached hydrogens (primary N) is 1. The van der Waals surface area contributed by atoms with Crippen molar-refractivity contribution in [2.45, 2.75) is 43.9 Å². The molecule has 0 bridgehead atoms. The van der Waals surface area contributed by atoms with Crippen molar-refractivity contribution in [2.24, 2.45) is 0 Å². The predicted molar refractivity (Wildman–Crippen MR) is 90.1 cm³/mol. The van der Waals surface area contributed by atoms with E-state index in [0.717, 1.165) is 23.2 Å². The second kappa shape index (κ2) is 6.18. The summed E-state index contributed by atoms with van der Waals surface area (Å²) in [7, 11) is 0. The number of hydrogen-bond acceptors (Lipinski definition) is 4. The quantitative estimate of drug-likeness (QED) is 0.911. The van der Waals surface area contributed by atoms with Crippen molar-refractivity contribution in [3.8, 4) is 5.75 Å². The fourth-order valence-corrected chi connectivity index (χ4v) is 4.24. The Kier molecular flexibility index (Phi) is 4.29. The molecular formula is C16H23N3OS. The number of rotatable bonds is 5. The van der Waals surface area contributed by atoms with Crippen LogP contribution in [0.3, 0.4) is 0 Å². The third-order valence-electron chi connectivity index (χ3n) is 4.22. The van der Waals surface area contributed by atoms with E-state index in [9.17, 15) is 0 Å². The number of nitrogens with zero attached hydrogens (tertiary/aromatic N) is 2. The topological polar surface area (TPSA) is 53.1 Å². The number of hydrogen-bond donors (Lipinski definition) is 1. The summed E-state index contributed by atoms with van der Waals surface area (Å²) in [5, 5.41) is 0.630. The lowest BCUT2D eigenvalue weighted by Crippen LogP contribution is -2.17. The van der Waals surface area contributed by atoms with Gasteiger partial charge in [0.25, 0.3) is 0 Å². The zero-order valence-electron chi connectivity index (χ0n) is 12.7. The predicted octanol–water partition coefficient (Wildman–Crippen LogP) is 3.86. The molecule has 1 fully saturated rings. The van der Waals surface area contributed by atoms with Gasteiger partial charge in [0.1, 0.15) is 11.3 Å². The van der Waals surface area contributed by atoms with Gasteiger partial charge in [-0.3, -0.25) is 0 Å². The van der Waals surface area contributed by atoms with Gasteiger partial charge in [-0.05, 0) is 37.7 Å². The van der Waals surface area contributed by atoms with Crippen LogP contribution in [0, 0.1) is 0 Å². The molecule has 4 nitrogen and oxygen atoms in total. The lowest BCUT2D eigenvalue weighted by Gasteiger charge is -2.21. The highest BCUT2D eigenvalue weighted by Gasteiger charge is 2.30. The highest BCUT2D eigenvalue weighted by molar-refractivity contribution is 7.99. The first kappa shape index (κ1) is 14.6. The Bertz CT molecular complexity index is 625. The maximum Gasteiger partial charge on any atom is 0.201 e. The number of ether oxygens (including phenoxy) is 1. The molecule has 1 aromatic carbocycles. The lowest BCUT2D eigenvalue weighted by molar-refractivity contribution is 0.320. The summed E-state index contributed by atoms with van der Waals surface area (Å²) in [5.41, 5.74) is 8.24. The maximum absolute atomic E-state index is 6.23. The molecule has 2 unspecified atom stereocenters. The number of anilines is 1. The summed E-state index contributed by atoms with van der Waals surface area (Å²) in [6.07, 6.45) is 6.89.